The predicted molar refractivity (Wildman–Crippen MR) is 109 cm³/mol. The summed E-state index contributed by atoms with van der Waals surface area (Å²) in [5.74, 6) is 2.32. The molecule has 2 saturated heterocycles. The average molecular weight is 387 g/mol. The molecule has 2 fully saturated rings. The Kier molecular flexibility index (Phi) is 4.93. The van der Waals surface area contributed by atoms with Crippen LogP contribution in [0.25, 0.3) is 10.9 Å². The molecule has 1 unspecified atom stereocenters. The van der Waals surface area contributed by atoms with Gasteiger partial charge in [-0.1, -0.05) is 0 Å². The second kappa shape index (κ2) is 7.25. The summed E-state index contributed by atoms with van der Waals surface area (Å²) in [6.45, 7) is 3.52. The summed E-state index contributed by atoms with van der Waals surface area (Å²) in [6.07, 6.45) is 2.67. The van der Waals surface area contributed by atoms with Crippen LogP contribution in [-0.2, 0) is 0 Å². The monoisotopic (exact) mass is 387 g/mol. The number of benzene rings is 1. The van der Waals surface area contributed by atoms with Gasteiger partial charge >= 0.3 is 0 Å². The zero-order valence-corrected chi connectivity index (χ0v) is 16.8. The molecule has 0 aliphatic carbocycles. The Balaban J connectivity index is 1.58. The van der Waals surface area contributed by atoms with E-state index in [1.165, 1.54) is 0 Å². The molecular weight excluding hydrogens is 358 g/mol. The summed E-state index contributed by atoms with van der Waals surface area (Å²) in [4.78, 5) is 13.7. The van der Waals surface area contributed by atoms with Gasteiger partial charge in [-0.05, 0) is 37.8 Å². The number of ether oxygens (including phenoxy) is 2. The van der Waals surface area contributed by atoms with Gasteiger partial charge in [0.1, 0.15) is 5.82 Å². The number of hydrogen-bond acceptors (Lipinski definition) is 8. The Morgan fingerprint density at radius 1 is 1.14 bits per heavy atom. The molecular formula is C20H29N5O3. The molecule has 2 aliphatic heterocycles. The Bertz CT molecular complexity index is 855. The highest BCUT2D eigenvalue weighted by atomic mass is 16.5. The van der Waals surface area contributed by atoms with Crippen LogP contribution < -0.4 is 20.1 Å². The van der Waals surface area contributed by atoms with Crippen molar-refractivity contribution in [3.8, 4) is 11.5 Å². The lowest BCUT2D eigenvalue weighted by atomic mass is 9.72. The van der Waals surface area contributed by atoms with Crippen molar-refractivity contribution in [2.45, 2.75) is 25.4 Å². The van der Waals surface area contributed by atoms with Crippen LogP contribution in [0.3, 0.4) is 0 Å². The number of aliphatic hydroxyl groups excluding tert-OH is 1. The third kappa shape index (κ3) is 3.42. The molecule has 8 nitrogen and oxygen atoms in total. The highest BCUT2D eigenvalue weighted by Crippen LogP contribution is 2.41. The fraction of sp³-hybridized carbons (Fsp3) is 0.600. The van der Waals surface area contributed by atoms with Gasteiger partial charge in [0.25, 0.3) is 0 Å². The second-order valence-corrected chi connectivity index (χ2v) is 8.17. The van der Waals surface area contributed by atoms with E-state index in [4.69, 9.17) is 20.2 Å². The molecule has 0 bridgehead atoms. The number of aliphatic hydroxyl groups is 1. The van der Waals surface area contributed by atoms with Crippen LogP contribution in [-0.4, -0.2) is 73.5 Å². The summed E-state index contributed by atoms with van der Waals surface area (Å²) >= 11 is 0. The van der Waals surface area contributed by atoms with Crippen LogP contribution in [0, 0.1) is 5.41 Å². The highest BCUT2D eigenvalue weighted by molar-refractivity contribution is 5.91. The number of fused-ring (bicyclic) bond motifs is 1. The lowest BCUT2D eigenvalue weighted by Crippen LogP contribution is -2.52. The molecule has 2 aromatic rings. The van der Waals surface area contributed by atoms with Gasteiger partial charge in [0.15, 0.2) is 11.5 Å². The Morgan fingerprint density at radius 2 is 1.82 bits per heavy atom. The lowest BCUT2D eigenvalue weighted by Gasteiger charge is -2.48. The van der Waals surface area contributed by atoms with E-state index in [0.717, 1.165) is 56.3 Å². The summed E-state index contributed by atoms with van der Waals surface area (Å²) in [5.41, 5.74) is 7.16. The standard InChI is InChI=1S/C20H29N5O3/c1-24-11-13(26)10-20(12-24)4-6-25(7-5-20)19-22-15-9-17(28-3)16(27-2)8-14(15)18(21)23-19/h8-9,13,26H,4-7,10-12H2,1-3H3,(H2,21,22,23). The summed E-state index contributed by atoms with van der Waals surface area (Å²) in [5, 5.41) is 11.0. The largest absolute Gasteiger partial charge is 0.493 e. The molecule has 2 aliphatic rings. The number of piperidine rings is 2. The number of methoxy groups -OCH3 is 2. The van der Waals surface area contributed by atoms with Gasteiger partial charge in [0.2, 0.25) is 5.95 Å². The minimum Gasteiger partial charge on any atom is -0.493 e. The van der Waals surface area contributed by atoms with Crippen molar-refractivity contribution in [2.24, 2.45) is 5.41 Å². The van der Waals surface area contributed by atoms with Crippen LogP contribution in [0.15, 0.2) is 12.1 Å². The Hall–Kier alpha value is -2.32. The van der Waals surface area contributed by atoms with Gasteiger partial charge in [-0.2, -0.15) is 4.98 Å². The van der Waals surface area contributed by atoms with Crippen molar-refractivity contribution >= 4 is 22.7 Å². The normalized spacial score (nSPS) is 22.6. The van der Waals surface area contributed by atoms with Gasteiger partial charge < -0.3 is 30.1 Å². The first-order valence-electron chi connectivity index (χ1n) is 9.74. The molecule has 0 saturated carbocycles. The molecule has 0 amide bonds. The van der Waals surface area contributed by atoms with Crippen molar-refractivity contribution < 1.29 is 14.6 Å². The van der Waals surface area contributed by atoms with E-state index in [9.17, 15) is 5.11 Å². The maximum absolute atomic E-state index is 10.2. The van der Waals surface area contributed by atoms with E-state index in [1.807, 2.05) is 12.1 Å². The molecule has 1 atom stereocenters. The second-order valence-electron chi connectivity index (χ2n) is 8.17. The molecule has 1 aromatic heterocycles. The fourth-order valence-corrected chi connectivity index (χ4v) is 4.78. The predicted octanol–water partition coefficient (Wildman–Crippen LogP) is 1.51. The topological polar surface area (TPSA) is 97.0 Å². The third-order valence-corrected chi connectivity index (χ3v) is 6.12. The summed E-state index contributed by atoms with van der Waals surface area (Å²) in [7, 11) is 5.29. The van der Waals surface area contributed by atoms with E-state index in [1.54, 1.807) is 14.2 Å². The van der Waals surface area contributed by atoms with Crippen molar-refractivity contribution in [1.82, 2.24) is 14.9 Å². The molecule has 3 N–H and O–H groups in total. The van der Waals surface area contributed by atoms with Crippen molar-refractivity contribution in [2.75, 3.05) is 58.1 Å². The molecule has 1 aromatic carbocycles. The molecule has 1 spiro atoms. The Morgan fingerprint density at radius 3 is 2.46 bits per heavy atom. The van der Waals surface area contributed by atoms with E-state index in [2.05, 4.69) is 21.8 Å². The number of anilines is 2. The Labute approximate surface area is 165 Å². The first-order valence-corrected chi connectivity index (χ1v) is 9.74. The number of likely N-dealkylation sites (N-methyl/N-ethyl adjacent to an activating group) is 1. The SMILES string of the molecule is COc1cc2nc(N3CCC4(CC3)CC(O)CN(C)C4)nc(N)c2cc1OC. The van der Waals surface area contributed by atoms with Gasteiger partial charge in [0, 0.05) is 37.6 Å². The molecule has 4 rings (SSSR count). The van der Waals surface area contributed by atoms with Crippen LogP contribution in [0.4, 0.5) is 11.8 Å². The number of nitrogen functional groups attached to an aromatic ring is 1. The first-order chi connectivity index (χ1) is 13.4. The van der Waals surface area contributed by atoms with Crippen LogP contribution in [0.1, 0.15) is 19.3 Å². The summed E-state index contributed by atoms with van der Waals surface area (Å²) in [6, 6.07) is 3.66. The number of rotatable bonds is 3. The maximum Gasteiger partial charge on any atom is 0.227 e. The number of likely N-dealkylation sites (tertiary alicyclic amines) is 1. The van der Waals surface area contributed by atoms with Crippen molar-refractivity contribution in [3.05, 3.63) is 12.1 Å². The van der Waals surface area contributed by atoms with E-state index < -0.39 is 0 Å². The van der Waals surface area contributed by atoms with Gasteiger partial charge in [0.05, 0.1) is 25.8 Å². The van der Waals surface area contributed by atoms with Crippen LogP contribution in [0.2, 0.25) is 0 Å². The van der Waals surface area contributed by atoms with Crippen LogP contribution >= 0.6 is 0 Å². The fourth-order valence-electron chi connectivity index (χ4n) is 4.78. The lowest BCUT2D eigenvalue weighted by molar-refractivity contribution is -0.0112. The van der Waals surface area contributed by atoms with Gasteiger partial charge in [-0.3, -0.25) is 0 Å². The molecule has 0 radical (unpaired) electrons. The average Bonchev–Trinajstić information content (AvgIpc) is 2.66. The number of hydrogen-bond donors (Lipinski definition) is 2. The number of nitrogens with two attached hydrogens (primary N) is 1. The zero-order chi connectivity index (χ0) is 19.9. The number of nitrogens with zero attached hydrogens (tertiary/aromatic N) is 4. The minimum absolute atomic E-state index is 0.182. The van der Waals surface area contributed by atoms with E-state index >= 15 is 0 Å². The number of β-amino-alcohol motifs (C(OH)–C–C–N with tert-alkyl or cyclic N) is 1. The summed E-state index contributed by atoms with van der Waals surface area (Å²) < 4.78 is 10.8. The highest BCUT2D eigenvalue weighted by Gasteiger charge is 2.41. The van der Waals surface area contributed by atoms with Crippen molar-refractivity contribution in [3.63, 3.8) is 0 Å². The van der Waals surface area contributed by atoms with E-state index in [-0.39, 0.29) is 11.5 Å². The quantitative estimate of drug-likeness (QED) is 0.818. The molecule has 28 heavy (non-hydrogen) atoms. The molecule has 152 valence electrons. The zero-order valence-electron chi connectivity index (χ0n) is 16.8. The van der Waals surface area contributed by atoms with E-state index in [0.29, 0.717) is 23.3 Å². The first kappa shape index (κ1) is 19.0. The van der Waals surface area contributed by atoms with Crippen molar-refractivity contribution in [1.29, 1.82) is 0 Å². The molecule has 8 heteroatoms. The third-order valence-electron chi connectivity index (χ3n) is 6.12. The molecule has 3 heterocycles. The van der Waals surface area contributed by atoms with Gasteiger partial charge in [-0.15, -0.1) is 0 Å². The minimum atomic E-state index is -0.236. The number of aromatic nitrogens is 2. The van der Waals surface area contributed by atoms with Gasteiger partial charge in [-0.25, -0.2) is 4.98 Å². The smallest absolute Gasteiger partial charge is 0.227 e. The maximum atomic E-state index is 10.2. The van der Waals surface area contributed by atoms with Crippen LogP contribution in [0.5, 0.6) is 11.5 Å².